The van der Waals surface area contributed by atoms with Crippen LogP contribution < -0.4 is 5.32 Å². The average molecular weight is 254 g/mol. The van der Waals surface area contributed by atoms with Gasteiger partial charge in [-0.3, -0.25) is 10.1 Å². The van der Waals surface area contributed by atoms with Crippen molar-refractivity contribution < 1.29 is 4.92 Å². The summed E-state index contributed by atoms with van der Waals surface area (Å²) in [6.07, 6.45) is 0.468. The van der Waals surface area contributed by atoms with Crippen LogP contribution in [0, 0.1) is 10.1 Å². The van der Waals surface area contributed by atoms with Crippen molar-refractivity contribution in [2.45, 2.75) is 18.5 Å². The van der Waals surface area contributed by atoms with E-state index in [1.165, 1.54) is 0 Å². The molecule has 0 bridgehead atoms. The Morgan fingerprint density at radius 2 is 1.74 bits per heavy atom. The second-order valence-electron chi connectivity index (χ2n) is 4.75. The van der Waals surface area contributed by atoms with Crippen molar-refractivity contribution in [3.8, 4) is 0 Å². The van der Waals surface area contributed by atoms with Gasteiger partial charge in [-0.25, -0.2) is 0 Å². The Balaban J connectivity index is 2.01. The minimum atomic E-state index is -0.628. The van der Waals surface area contributed by atoms with Crippen molar-refractivity contribution in [3.63, 3.8) is 0 Å². The fourth-order valence-corrected chi connectivity index (χ4v) is 2.61. The quantitative estimate of drug-likeness (QED) is 0.662. The number of nitrogens with one attached hydrogen (secondary N) is 1. The van der Waals surface area contributed by atoms with Gasteiger partial charge < -0.3 is 5.32 Å². The lowest BCUT2D eigenvalue weighted by Gasteiger charge is -2.29. The van der Waals surface area contributed by atoms with Gasteiger partial charge in [0, 0.05) is 17.0 Å². The molecule has 96 valence electrons. The summed E-state index contributed by atoms with van der Waals surface area (Å²) >= 11 is 0. The maximum Gasteiger partial charge on any atom is 0.241 e. The molecule has 0 aromatic heterocycles. The van der Waals surface area contributed by atoms with Crippen molar-refractivity contribution >= 4 is 5.69 Å². The molecule has 3 rings (SSSR count). The Bertz CT molecular complexity index is 598. The SMILES string of the molecule is O=[N+]([O-])[C@H]1Cc2ccccc2N[C@H]1c1ccccc1. The lowest BCUT2D eigenvalue weighted by Crippen LogP contribution is -2.38. The first-order valence-electron chi connectivity index (χ1n) is 6.28. The number of hydrogen-bond donors (Lipinski definition) is 1. The summed E-state index contributed by atoms with van der Waals surface area (Å²) in [7, 11) is 0. The highest BCUT2D eigenvalue weighted by Gasteiger charge is 2.37. The second kappa shape index (κ2) is 4.72. The molecule has 1 heterocycles. The van der Waals surface area contributed by atoms with E-state index < -0.39 is 6.04 Å². The summed E-state index contributed by atoms with van der Waals surface area (Å²) in [6.45, 7) is 0. The largest absolute Gasteiger partial charge is 0.372 e. The number of rotatable bonds is 2. The van der Waals surface area contributed by atoms with Crippen LogP contribution in [0.3, 0.4) is 0 Å². The molecule has 4 heteroatoms. The minimum Gasteiger partial charge on any atom is -0.372 e. The van der Waals surface area contributed by atoms with Crippen LogP contribution >= 0.6 is 0 Å². The summed E-state index contributed by atoms with van der Waals surface area (Å²) < 4.78 is 0. The molecule has 2 aromatic carbocycles. The molecular weight excluding hydrogens is 240 g/mol. The number of nitrogens with zero attached hydrogens (tertiary/aromatic N) is 1. The van der Waals surface area contributed by atoms with Crippen molar-refractivity contribution in [2.24, 2.45) is 0 Å². The van der Waals surface area contributed by atoms with Gasteiger partial charge >= 0.3 is 0 Å². The molecule has 0 saturated carbocycles. The lowest BCUT2D eigenvalue weighted by atomic mass is 9.89. The van der Waals surface area contributed by atoms with E-state index in [1.54, 1.807) is 0 Å². The van der Waals surface area contributed by atoms with Crippen LogP contribution in [0.2, 0.25) is 0 Å². The molecule has 0 unspecified atom stereocenters. The van der Waals surface area contributed by atoms with E-state index in [9.17, 15) is 10.1 Å². The first-order chi connectivity index (χ1) is 9.25. The van der Waals surface area contributed by atoms with Gasteiger partial charge in [-0.15, -0.1) is 0 Å². The Kier molecular flexibility index (Phi) is 2.91. The summed E-state index contributed by atoms with van der Waals surface area (Å²) in [4.78, 5) is 11.1. The molecule has 1 aliphatic heterocycles. The molecule has 19 heavy (non-hydrogen) atoms. The van der Waals surface area contributed by atoms with Crippen LogP contribution in [-0.4, -0.2) is 11.0 Å². The zero-order chi connectivity index (χ0) is 13.2. The molecule has 2 atom stereocenters. The molecule has 0 amide bonds. The van der Waals surface area contributed by atoms with E-state index in [4.69, 9.17) is 0 Å². The highest BCUT2D eigenvalue weighted by Crippen LogP contribution is 2.33. The number of hydrogen-bond acceptors (Lipinski definition) is 3. The molecule has 0 fully saturated rings. The van der Waals surface area contributed by atoms with E-state index in [1.807, 2.05) is 54.6 Å². The number of nitro groups is 1. The third-order valence-corrected chi connectivity index (χ3v) is 3.57. The molecule has 0 aliphatic carbocycles. The summed E-state index contributed by atoms with van der Waals surface area (Å²) in [5, 5.41) is 14.6. The summed E-state index contributed by atoms with van der Waals surface area (Å²) in [6, 6.07) is 16.5. The minimum absolute atomic E-state index is 0.180. The zero-order valence-electron chi connectivity index (χ0n) is 10.3. The molecule has 2 aromatic rings. The van der Waals surface area contributed by atoms with Gasteiger partial charge in [0.05, 0.1) is 0 Å². The Morgan fingerprint density at radius 1 is 1.05 bits per heavy atom. The Hall–Kier alpha value is -2.36. The maximum absolute atomic E-state index is 11.3. The maximum atomic E-state index is 11.3. The number of anilines is 1. The smallest absolute Gasteiger partial charge is 0.241 e. The van der Waals surface area contributed by atoms with E-state index in [-0.39, 0.29) is 11.0 Å². The van der Waals surface area contributed by atoms with Gasteiger partial charge in [-0.2, -0.15) is 0 Å². The number of para-hydroxylation sites is 1. The average Bonchev–Trinajstić information content (AvgIpc) is 2.46. The van der Waals surface area contributed by atoms with Gasteiger partial charge in [-0.1, -0.05) is 48.5 Å². The van der Waals surface area contributed by atoms with Crippen molar-refractivity contribution in [2.75, 3.05) is 5.32 Å². The van der Waals surface area contributed by atoms with Crippen LogP contribution in [0.4, 0.5) is 5.69 Å². The lowest BCUT2D eigenvalue weighted by molar-refractivity contribution is -0.525. The van der Waals surface area contributed by atoms with Gasteiger partial charge in [-0.05, 0) is 17.2 Å². The molecule has 0 saturated heterocycles. The number of fused-ring (bicyclic) bond motifs is 1. The normalized spacial score (nSPS) is 21.3. The fourth-order valence-electron chi connectivity index (χ4n) is 2.61. The summed E-state index contributed by atoms with van der Waals surface area (Å²) in [5.74, 6) is 0. The van der Waals surface area contributed by atoms with Crippen LogP contribution in [0.5, 0.6) is 0 Å². The van der Waals surface area contributed by atoms with E-state index in [2.05, 4.69) is 5.32 Å². The Labute approximate surface area is 111 Å². The van der Waals surface area contributed by atoms with Crippen LogP contribution in [0.1, 0.15) is 17.2 Å². The summed E-state index contributed by atoms with van der Waals surface area (Å²) in [5.41, 5.74) is 2.96. The third-order valence-electron chi connectivity index (χ3n) is 3.57. The van der Waals surface area contributed by atoms with Crippen molar-refractivity contribution in [1.82, 2.24) is 0 Å². The highest BCUT2D eigenvalue weighted by atomic mass is 16.6. The van der Waals surface area contributed by atoms with Gasteiger partial charge in [0.2, 0.25) is 6.04 Å². The van der Waals surface area contributed by atoms with E-state index in [0.717, 1.165) is 16.8 Å². The van der Waals surface area contributed by atoms with E-state index in [0.29, 0.717) is 6.42 Å². The molecule has 1 N–H and O–H groups in total. The van der Waals surface area contributed by atoms with Crippen LogP contribution in [-0.2, 0) is 6.42 Å². The molecule has 1 aliphatic rings. The van der Waals surface area contributed by atoms with Gasteiger partial charge in [0.1, 0.15) is 6.04 Å². The zero-order valence-corrected chi connectivity index (χ0v) is 10.3. The fraction of sp³-hybridized carbons (Fsp3) is 0.200. The van der Waals surface area contributed by atoms with E-state index >= 15 is 0 Å². The highest BCUT2D eigenvalue weighted by molar-refractivity contribution is 5.55. The van der Waals surface area contributed by atoms with Gasteiger partial charge in [0.25, 0.3) is 0 Å². The molecule has 4 nitrogen and oxygen atoms in total. The van der Waals surface area contributed by atoms with Crippen LogP contribution in [0.25, 0.3) is 0 Å². The van der Waals surface area contributed by atoms with Crippen molar-refractivity contribution in [3.05, 3.63) is 75.8 Å². The predicted molar refractivity (Wildman–Crippen MR) is 73.7 cm³/mol. The number of benzene rings is 2. The van der Waals surface area contributed by atoms with Crippen molar-refractivity contribution in [1.29, 1.82) is 0 Å². The topological polar surface area (TPSA) is 55.2 Å². The van der Waals surface area contributed by atoms with Crippen LogP contribution in [0.15, 0.2) is 54.6 Å². The second-order valence-corrected chi connectivity index (χ2v) is 4.75. The predicted octanol–water partition coefficient (Wildman–Crippen LogP) is 3.04. The molecule has 0 radical (unpaired) electrons. The van der Waals surface area contributed by atoms with Gasteiger partial charge in [0.15, 0.2) is 0 Å². The Morgan fingerprint density at radius 3 is 2.47 bits per heavy atom. The molecule has 0 spiro atoms. The first-order valence-corrected chi connectivity index (χ1v) is 6.28. The third kappa shape index (κ3) is 2.17. The monoisotopic (exact) mass is 254 g/mol. The first kappa shape index (κ1) is 11.7. The molecular formula is C15H14N2O2. The standard InChI is InChI=1S/C15H14N2O2/c18-17(19)14-10-12-8-4-5-9-13(12)16-15(14)11-6-2-1-3-7-11/h1-9,14-16H,10H2/t14-,15-/m0/s1.